The molecule has 0 saturated heterocycles. The Hall–Kier alpha value is -4.97. The van der Waals surface area contributed by atoms with Crippen molar-refractivity contribution in [2.24, 2.45) is 0 Å². The molecule has 0 saturated carbocycles. The van der Waals surface area contributed by atoms with E-state index in [2.05, 4.69) is 21.7 Å². The van der Waals surface area contributed by atoms with Crippen molar-refractivity contribution in [1.29, 1.82) is 5.26 Å². The highest BCUT2D eigenvalue weighted by atomic mass is 16.5. The molecule has 0 spiro atoms. The summed E-state index contributed by atoms with van der Waals surface area (Å²) in [7, 11) is 0. The van der Waals surface area contributed by atoms with Crippen LogP contribution in [0.15, 0.2) is 72.8 Å². The van der Waals surface area contributed by atoms with Gasteiger partial charge in [-0.15, -0.1) is 0 Å². The molecule has 0 fully saturated rings. The summed E-state index contributed by atoms with van der Waals surface area (Å²) in [5, 5.41) is 15.2. The van der Waals surface area contributed by atoms with Crippen LogP contribution in [0.5, 0.6) is 11.5 Å². The zero-order valence-electron chi connectivity index (χ0n) is 18.9. The molecule has 3 aromatic carbocycles. The maximum atomic E-state index is 12.4. The Morgan fingerprint density at radius 1 is 1.06 bits per heavy atom. The Kier molecular flexibility index (Phi) is 6.83. The van der Waals surface area contributed by atoms with E-state index in [9.17, 15) is 14.9 Å². The Morgan fingerprint density at radius 3 is 2.49 bits per heavy atom. The minimum Gasteiger partial charge on any atom is -0.457 e. The van der Waals surface area contributed by atoms with E-state index in [0.29, 0.717) is 34.0 Å². The number of anilines is 2. The van der Waals surface area contributed by atoms with Gasteiger partial charge in [-0.25, -0.2) is 4.79 Å². The third-order valence-corrected chi connectivity index (χ3v) is 5.21. The van der Waals surface area contributed by atoms with Gasteiger partial charge in [0.15, 0.2) is 0 Å². The molecule has 4 rings (SSSR count). The lowest BCUT2D eigenvalue weighted by molar-refractivity contribution is -0.117. The molecule has 9 nitrogen and oxygen atoms in total. The number of rotatable bonds is 7. The number of nitrogen functional groups attached to an aromatic ring is 1. The Labute approximate surface area is 201 Å². The Balaban J connectivity index is 1.30. The number of aromatic nitrogens is 1. The number of carbonyl (C=O) groups is 2. The summed E-state index contributed by atoms with van der Waals surface area (Å²) in [4.78, 5) is 27.4. The normalized spacial score (nSPS) is 11.3. The fourth-order valence-corrected chi connectivity index (χ4v) is 3.38. The van der Waals surface area contributed by atoms with E-state index in [1.54, 1.807) is 49.4 Å². The van der Waals surface area contributed by atoms with Gasteiger partial charge in [-0.2, -0.15) is 5.26 Å². The maximum absolute atomic E-state index is 12.4. The second-order valence-corrected chi connectivity index (χ2v) is 7.78. The number of fused-ring (bicyclic) bond motifs is 1. The van der Waals surface area contributed by atoms with Gasteiger partial charge in [0.05, 0.1) is 0 Å². The second kappa shape index (κ2) is 10.3. The molecule has 0 bridgehead atoms. The van der Waals surface area contributed by atoms with E-state index in [4.69, 9.17) is 15.2 Å². The SMILES string of the molecule is CC(NC(=O)OCc1ccccc1)C(=O)Nc1ccc(Oc2ccc3[nH]c(N)c(C#N)c3c2)cc1. The van der Waals surface area contributed by atoms with Gasteiger partial charge in [0.1, 0.15) is 41.6 Å². The number of benzene rings is 3. The summed E-state index contributed by atoms with van der Waals surface area (Å²) in [6, 6.07) is 22.6. The van der Waals surface area contributed by atoms with Crippen molar-refractivity contribution in [1.82, 2.24) is 10.3 Å². The summed E-state index contributed by atoms with van der Waals surface area (Å²) < 4.78 is 11.0. The lowest BCUT2D eigenvalue weighted by atomic mass is 10.1. The number of hydrogen-bond acceptors (Lipinski definition) is 6. The first-order chi connectivity index (χ1) is 16.9. The van der Waals surface area contributed by atoms with Crippen molar-refractivity contribution in [3.05, 3.63) is 83.9 Å². The van der Waals surface area contributed by atoms with Crippen molar-refractivity contribution < 1.29 is 19.1 Å². The Morgan fingerprint density at radius 2 is 1.77 bits per heavy atom. The van der Waals surface area contributed by atoms with Crippen LogP contribution >= 0.6 is 0 Å². The first-order valence-electron chi connectivity index (χ1n) is 10.8. The van der Waals surface area contributed by atoms with E-state index in [-0.39, 0.29) is 6.61 Å². The molecule has 5 N–H and O–H groups in total. The third kappa shape index (κ3) is 5.69. The molecule has 0 aliphatic rings. The van der Waals surface area contributed by atoms with Crippen LogP contribution in [0.1, 0.15) is 18.1 Å². The monoisotopic (exact) mass is 469 g/mol. The summed E-state index contributed by atoms with van der Waals surface area (Å²) in [5.41, 5.74) is 8.33. The number of ether oxygens (including phenoxy) is 2. The van der Waals surface area contributed by atoms with Crippen LogP contribution in [0.3, 0.4) is 0 Å². The highest BCUT2D eigenvalue weighted by molar-refractivity contribution is 5.96. The number of nitriles is 1. The van der Waals surface area contributed by atoms with Gasteiger partial charge in [-0.3, -0.25) is 4.79 Å². The maximum Gasteiger partial charge on any atom is 0.408 e. The van der Waals surface area contributed by atoms with Crippen LogP contribution in [0, 0.1) is 11.3 Å². The summed E-state index contributed by atoms with van der Waals surface area (Å²) >= 11 is 0. The van der Waals surface area contributed by atoms with Crippen molar-refractivity contribution in [2.75, 3.05) is 11.1 Å². The molecule has 1 aromatic heterocycles. The van der Waals surface area contributed by atoms with E-state index >= 15 is 0 Å². The molecule has 1 heterocycles. The molecule has 176 valence electrons. The fourth-order valence-electron chi connectivity index (χ4n) is 3.38. The number of H-pyrrole nitrogens is 1. The van der Waals surface area contributed by atoms with E-state index in [1.165, 1.54) is 0 Å². The number of alkyl carbamates (subject to hydrolysis) is 1. The quantitative estimate of drug-likeness (QED) is 0.310. The van der Waals surface area contributed by atoms with Gasteiger partial charge < -0.3 is 30.8 Å². The van der Waals surface area contributed by atoms with Crippen molar-refractivity contribution in [2.45, 2.75) is 19.6 Å². The smallest absolute Gasteiger partial charge is 0.408 e. The molecular weight excluding hydrogens is 446 g/mol. The average Bonchev–Trinajstić information content (AvgIpc) is 3.18. The van der Waals surface area contributed by atoms with Crippen LogP contribution < -0.4 is 21.1 Å². The van der Waals surface area contributed by atoms with Crippen LogP contribution in [0.2, 0.25) is 0 Å². The molecule has 1 atom stereocenters. The number of aromatic amines is 1. The van der Waals surface area contributed by atoms with E-state index < -0.39 is 18.0 Å². The second-order valence-electron chi connectivity index (χ2n) is 7.78. The van der Waals surface area contributed by atoms with Crippen molar-refractivity contribution in [3.63, 3.8) is 0 Å². The minimum atomic E-state index is -0.802. The van der Waals surface area contributed by atoms with Crippen LogP contribution in [-0.2, 0) is 16.1 Å². The fraction of sp³-hybridized carbons (Fsp3) is 0.115. The summed E-state index contributed by atoms with van der Waals surface area (Å²) in [5.74, 6) is 0.999. The third-order valence-electron chi connectivity index (χ3n) is 5.21. The summed E-state index contributed by atoms with van der Waals surface area (Å²) in [6.07, 6.45) is -0.680. The molecule has 0 aliphatic heterocycles. The summed E-state index contributed by atoms with van der Waals surface area (Å²) in [6.45, 7) is 1.68. The Bertz CT molecular complexity index is 1390. The van der Waals surface area contributed by atoms with Crippen molar-refractivity contribution >= 4 is 34.4 Å². The van der Waals surface area contributed by atoms with Gasteiger partial charge in [0.2, 0.25) is 5.91 Å². The van der Waals surface area contributed by atoms with Crippen LogP contribution in [-0.4, -0.2) is 23.0 Å². The zero-order valence-corrected chi connectivity index (χ0v) is 18.9. The van der Waals surface area contributed by atoms with E-state index in [1.807, 2.05) is 30.3 Å². The van der Waals surface area contributed by atoms with Gasteiger partial charge in [0, 0.05) is 16.6 Å². The lowest BCUT2D eigenvalue weighted by Gasteiger charge is -2.14. The lowest BCUT2D eigenvalue weighted by Crippen LogP contribution is -2.41. The number of amides is 2. The predicted molar refractivity (Wildman–Crippen MR) is 132 cm³/mol. The van der Waals surface area contributed by atoms with Gasteiger partial charge in [-0.1, -0.05) is 30.3 Å². The number of nitrogens with two attached hydrogens (primary N) is 1. The minimum absolute atomic E-state index is 0.116. The number of nitrogens with one attached hydrogen (secondary N) is 3. The standard InChI is InChI=1S/C26H23N5O4/c1-16(29-26(33)34-15-17-5-3-2-4-6-17)25(32)30-18-7-9-19(10-8-18)35-20-11-12-23-21(13-20)22(14-27)24(28)31-23/h2-13,16,31H,15,28H2,1H3,(H,29,33)(H,30,32). The first-order valence-corrected chi connectivity index (χ1v) is 10.8. The average molecular weight is 470 g/mol. The van der Waals surface area contributed by atoms with Crippen molar-refractivity contribution in [3.8, 4) is 17.6 Å². The zero-order chi connectivity index (χ0) is 24.8. The molecule has 0 radical (unpaired) electrons. The number of carbonyl (C=O) groups excluding carboxylic acids is 2. The van der Waals surface area contributed by atoms with Gasteiger partial charge in [0.25, 0.3) is 0 Å². The molecule has 4 aromatic rings. The molecular formula is C26H23N5O4. The topological polar surface area (TPSA) is 142 Å². The predicted octanol–water partition coefficient (Wildman–Crippen LogP) is 4.67. The van der Waals surface area contributed by atoms with Crippen LogP contribution in [0.25, 0.3) is 10.9 Å². The van der Waals surface area contributed by atoms with Gasteiger partial charge in [-0.05, 0) is 55.0 Å². The molecule has 9 heteroatoms. The largest absolute Gasteiger partial charge is 0.457 e. The number of hydrogen-bond donors (Lipinski definition) is 4. The molecule has 0 aliphatic carbocycles. The van der Waals surface area contributed by atoms with E-state index in [0.717, 1.165) is 11.1 Å². The molecule has 1 unspecified atom stereocenters. The molecule has 2 amide bonds. The van der Waals surface area contributed by atoms with Crippen LogP contribution in [0.4, 0.5) is 16.3 Å². The van der Waals surface area contributed by atoms with Gasteiger partial charge >= 0.3 is 6.09 Å². The highest BCUT2D eigenvalue weighted by Gasteiger charge is 2.17. The highest BCUT2D eigenvalue weighted by Crippen LogP contribution is 2.30. The molecule has 35 heavy (non-hydrogen) atoms. The first kappa shape index (κ1) is 23.2. The number of nitrogens with zero attached hydrogens (tertiary/aromatic N) is 1.